The molecule has 3 aromatic rings. The number of hydrogen-bond acceptors (Lipinski definition) is 8. The molecule has 1 amide bonds. The first-order valence-electron chi connectivity index (χ1n) is 10.9. The number of nitro benzene ring substituents is 1. The summed E-state index contributed by atoms with van der Waals surface area (Å²) in [4.78, 5) is 25.5. The summed E-state index contributed by atoms with van der Waals surface area (Å²) < 4.78 is 17.5. The molecule has 3 aromatic carbocycles. The summed E-state index contributed by atoms with van der Waals surface area (Å²) in [5, 5.41) is 10.8. The van der Waals surface area contributed by atoms with Gasteiger partial charge in [0.05, 0.1) is 29.2 Å². The third-order valence-corrected chi connectivity index (χ3v) is 6.53. The predicted octanol–water partition coefficient (Wildman–Crippen LogP) is 5.99. The van der Waals surface area contributed by atoms with E-state index in [-0.39, 0.29) is 18.2 Å². The Kier molecular flexibility index (Phi) is 7.87. The first-order valence-corrected chi connectivity index (χ1v) is 12.2. The number of carbonyl (C=O) groups excluding carboxylic acids is 1. The van der Waals surface area contributed by atoms with Crippen LogP contribution in [0.1, 0.15) is 18.1 Å². The van der Waals surface area contributed by atoms with E-state index in [0.717, 1.165) is 11.1 Å². The van der Waals surface area contributed by atoms with Crippen molar-refractivity contribution in [3.05, 3.63) is 92.9 Å². The van der Waals surface area contributed by atoms with Crippen LogP contribution in [0, 0.1) is 10.1 Å². The lowest BCUT2D eigenvalue weighted by atomic mass is 10.1. The maximum atomic E-state index is 13.2. The predicted molar refractivity (Wildman–Crippen MR) is 144 cm³/mol. The molecular formula is C26H22N2O6S2. The van der Waals surface area contributed by atoms with E-state index >= 15 is 0 Å². The second kappa shape index (κ2) is 11.2. The minimum absolute atomic E-state index is 0.0224. The maximum Gasteiger partial charge on any atom is 0.270 e. The molecule has 1 aliphatic rings. The molecule has 8 nitrogen and oxygen atoms in total. The number of thioether (sulfide) groups is 1. The van der Waals surface area contributed by atoms with Gasteiger partial charge >= 0.3 is 0 Å². The Balaban J connectivity index is 1.54. The fourth-order valence-corrected chi connectivity index (χ4v) is 4.80. The Hall–Kier alpha value is -3.89. The zero-order valence-corrected chi connectivity index (χ0v) is 21.1. The lowest BCUT2D eigenvalue weighted by molar-refractivity contribution is -0.384. The minimum Gasteiger partial charge on any atom is -0.495 e. The molecule has 10 heteroatoms. The number of hydrogen-bond donors (Lipinski definition) is 0. The Morgan fingerprint density at radius 1 is 1.03 bits per heavy atom. The van der Waals surface area contributed by atoms with Gasteiger partial charge in [0.1, 0.15) is 12.4 Å². The minimum atomic E-state index is -0.444. The maximum absolute atomic E-state index is 13.2. The van der Waals surface area contributed by atoms with Gasteiger partial charge in [0.25, 0.3) is 11.6 Å². The molecule has 0 radical (unpaired) electrons. The standard InChI is InChI=1S/C26H22N2O6S2/c1-3-33-23-14-18(10-13-22(23)34-16-17-8-11-19(12-9-17)28(30)31)15-24-25(29)27(26(35)36-24)20-6-4-5-7-21(20)32-2/h4-15H,3,16H2,1-2H3/b24-15+. The van der Waals surface area contributed by atoms with E-state index < -0.39 is 4.92 Å². The van der Waals surface area contributed by atoms with Crippen LogP contribution in [0.25, 0.3) is 6.08 Å². The van der Waals surface area contributed by atoms with Gasteiger partial charge in [0.15, 0.2) is 15.8 Å². The second-order valence-electron chi connectivity index (χ2n) is 7.54. The summed E-state index contributed by atoms with van der Waals surface area (Å²) in [5.41, 5.74) is 2.15. The molecule has 1 fully saturated rings. The monoisotopic (exact) mass is 522 g/mol. The third kappa shape index (κ3) is 5.50. The molecule has 0 spiro atoms. The SMILES string of the molecule is CCOc1cc(/C=C2/SC(=S)N(c3ccccc3OC)C2=O)ccc1OCc1ccc([N+](=O)[O-])cc1. The van der Waals surface area contributed by atoms with Crippen molar-refractivity contribution in [1.29, 1.82) is 0 Å². The highest BCUT2D eigenvalue weighted by Crippen LogP contribution is 2.40. The number of nitrogens with zero attached hydrogens (tertiary/aromatic N) is 2. The van der Waals surface area contributed by atoms with Crippen LogP contribution in [-0.4, -0.2) is 28.9 Å². The van der Waals surface area contributed by atoms with Gasteiger partial charge in [-0.15, -0.1) is 0 Å². The number of para-hydroxylation sites is 2. The normalized spacial score (nSPS) is 14.3. The third-order valence-electron chi connectivity index (χ3n) is 5.23. The van der Waals surface area contributed by atoms with Crippen molar-refractivity contribution in [2.75, 3.05) is 18.6 Å². The van der Waals surface area contributed by atoms with Crippen LogP contribution in [0.5, 0.6) is 17.2 Å². The smallest absolute Gasteiger partial charge is 0.270 e. The van der Waals surface area contributed by atoms with Gasteiger partial charge in [-0.2, -0.15) is 0 Å². The van der Waals surface area contributed by atoms with Crippen LogP contribution in [0.3, 0.4) is 0 Å². The van der Waals surface area contributed by atoms with Crippen LogP contribution in [0.4, 0.5) is 11.4 Å². The summed E-state index contributed by atoms with van der Waals surface area (Å²) in [6, 6.07) is 18.8. The number of rotatable bonds is 9. The Morgan fingerprint density at radius 2 is 1.78 bits per heavy atom. The van der Waals surface area contributed by atoms with E-state index in [1.165, 1.54) is 28.8 Å². The molecule has 0 aromatic heterocycles. The molecule has 1 saturated heterocycles. The van der Waals surface area contributed by atoms with Crippen molar-refractivity contribution in [3.8, 4) is 17.2 Å². The summed E-state index contributed by atoms with van der Waals surface area (Å²) >= 11 is 6.70. The van der Waals surface area contributed by atoms with E-state index in [9.17, 15) is 14.9 Å². The van der Waals surface area contributed by atoms with Crippen molar-refractivity contribution in [3.63, 3.8) is 0 Å². The highest BCUT2D eigenvalue weighted by Gasteiger charge is 2.34. The quantitative estimate of drug-likeness (QED) is 0.147. The lowest BCUT2D eigenvalue weighted by Gasteiger charge is -2.17. The summed E-state index contributed by atoms with van der Waals surface area (Å²) in [5.74, 6) is 1.37. The molecule has 4 rings (SSSR count). The Labute approximate surface area is 217 Å². The summed E-state index contributed by atoms with van der Waals surface area (Å²) in [7, 11) is 1.55. The van der Waals surface area contributed by atoms with Crippen molar-refractivity contribution < 1.29 is 23.9 Å². The number of amides is 1. The number of anilines is 1. The van der Waals surface area contributed by atoms with E-state index in [2.05, 4.69) is 0 Å². The average Bonchev–Trinajstić information content (AvgIpc) is 3.16. The van der Waals surface area contributed by atoms with E-state index in [0.29, 0.717) is 38.8 Å². The van der Waals surface area contributed by atoms with Gasteiger partial charge in [0.2, 0.25) is 0 Å². The van der Waals surface area contributed by atoms with Crippen LogP contribution in [0.2, 0.25) is 0 Å². The van der Waals surface area contributed by atoms with Gasteiger partial charge < -0.3 is 14.2 Å². The van der Waals surface area contributed by atoms with E-state index in [1.54, 1.807) is 49.6 Å². The van der Waals surface area contributed by atoms with Gasteiger partial charge in [-0.25, -0.2) is 0 Å². The number of carbonyl (C=O) groups is 1. The molecule has 0 aliphatic carbocycles. The van der Waals surface area contributed by atoms with Crippen molar-refractivity contribution >= 4 is 51.7 Å². The number of ether oxygens (including phenoxy) is 3. The Bertz CT molecular complexity index is 1340. The molecular weight excluding hydrogens is 500 g/mol. The zero-order chi connectivity index (χ0) is 25.7. The number of nitro groups is 1. The van der Waals surface area contributed by atoms with Crippen molar-refractivity contribution in [1.82, 2.24) is 0 Å². The topological polar surface area (TPSA) is 91.1 Å². The van der Waals surface area contributed by atoms with Gasteiger partial charge in [-0.05, 0) is 60.5 Å². The van der Waals surface area contributed by atoms with E-state index in [4.69, 9.17) is 26.4 Å². The number of benzene rings is 3. The van der Waals surface area contributed by atoms with Crippen LogP contribution in [0.15, 0.2) is 71.6 Å². The molecule has 0 unspecified atom stereocenters. The second-order valence-corrected chi connectivity index (χ2v) is 9.22. The number of methoxy groups -OCH3 is 1. The lowest BCUT2D eigenvalue weighted by Crippen LogP contribution is -2.27. The van der Waals surface area contributed by atoms with E-state index in [1.807, 2.05) is 25.1 Å². The largest absolute Gasteiger partial charge is 0.495 e. The van der Waals surface area contributed by atoms with Crippen LogP contribution in [-0.2, 0) is 11.4 Å². The van der Waals surface area contributed by atoms with Crippen LogP contribution >= 0.6 is 24.0 Å². The van der Waals surface area contributed by atoms with Crippen molar-refractivity contribution in [2.24, 2.45) is 0 Å². The fraction of sp³-hybridized carbons (Fsp3) is 0.154. The first-order chi connectivity index (χ1) is 17.4. The molecule has 36 heavy (non-hydrogen) atoms. The summed E-state index contributed by atoms with van der Waals surface area (Å²) in [6.07, 6.45) is 1.76. The molecule has 0 N–H and O–H groups in total. The molecule has 184 valence electrons. The molecule has 0 bridgehead atoms. The molecule has 1 aliphatic heterocycles. The first kappa shape index (κ1) is 25.2. The fourth-order valence-electron chi connectivity index (χ4n) is 3.52. The number of non-ortho nitro benzene ring substituents is 1. The zero-order valence-electron chi connectivity index (χ0n) is 19.5. The van der Waals surface area contributed by atoms with Crippen molar-refractivity contribution in [2.45, 2.75) is 13.5 Å². The van der Waals surface area contributed by atoms with Crippen LogP contribution < -0.4 is 19.1 Å². The molecule has 1 heterocycles. The van der Waals surface area contributed by atoms with Gasteiger partial charge in [-0.3, -0.25) is 19.8 Å². The highest BCUT2D eigenvalue weighted by atomic mass is 32.2. The average molecular weight is 523 g/mol. The summed E-state index contributed by atoms with van der Waals surface area (Å²) in [6.45, 7) is 2.51. The molecule has 0 saturated carbocycles. The number of thiocarbonyl (C=S) groups is 1. The highest BCUT2D eigenvalue weighted by molar-refractivity contribution is 8.27. The van der Waals surface area contributed by atoms with Gasteiger partial charge in [-0.1, -0.05) is 42.2 Å². The van der Waals surface area contributed by atoms with Gasteiger partial charge in [0, 0.05) is 12.1 Å². The Morgan fingerprint density at radius 3 is 2.47 bits per heavy atom. The molecule has 0 atom stereocenters.